The number of carbonyl (C=O) groups excluding carboxylic acids is 1. The lowest BCUT2D eigenvalue weighted by molar-refractivity contribution is -0.123. The Bertz CT molecular complexity index is 881. The van der Waals surface area contributed by atoms with Crippen LogP contribution in [0.15, 0.2) is 53.4 Å². The van der Waals surface area contributed by atoms with Crippen molar-refractivity contribution < 1.29 is 17.9 Å². The molecule has 6 nitrogen and oxygen atoms in total. The highest BCUT2D eigenvalue weighted by molar-refractivity contribution is 7.89. The molecule has 0 unspecified atom stereocenters. The van der Waals surface area contributed by atoms with Gasteiger partial charge in [0.2, 0.25) is 15.9 Å². The van der Waals surface area contributed by atoms with Crippen molar-refractivity contribution in [1.29, 1.82) is 0 Å². The van der Waals surface area contributed by atoms with Crippen LogP contribution in [0.2, 0.25) is 5.02 Å². The summed E-state index contributed by atoms with van der Waals surface area (Å²) in [6, 6.07) is 12.2. The van der Waals surface area contributed by atoms with Crippen molar-refractivity contribution in [2.24, 2.45) is 5.92 Å². The van der Waals surface area contributed by atoms with Gasteiger partial charge in [0.15, 0.2) is 0 Å². The largest absolute Gasteiger partial charge is 0.497 e. The molecule has 0 aliphatic heterocycles. The highest BCUT2D eigenvalue weighted by Crippen LogP contribution is 2.17. The minimum absolute atomic E-state index is 0.0764. The monoisotopic (exact) mass is 424 g/mol. The molecule has 2 aromatic carbocycles. The second-order valence-corrected chi connectivity index (χ2v) is 8.97. The smallest absolute Gasteiger partial charge is 0.241 e. The summed E-state index contributed by atoms with van der Waals surface area (Å²) in [6.07, 6.45) is 0.377. The third-order valence-corrected chi connectivity index (χ3v) is 5.81. The van der Waals surface area contributed by atoms with Crippen molar-refractivity contribution in [3.8, 4) is 5.75 Å². The van der Waals surface area contributed by atoms with E-state index in [4.69, 9.17) is 16.3 Å². The van der Waals surface area contributed by atoms with Gasteiger partial charge in [0.1, 0.15) is 11.8 Å². The molecule has 0 bridgehead atoms. The number of hydrogen-bond acceptors (Lipinski definition) is 4. The number of carbonyl (C=O) groups is 1. The van der Waals surface area contributed by atoms with E-state index in [0.29, 0.717) is 17.2 Å². The van der Waals surface area contributed by atoms with Crippen LogP contribution in [0.3, 0.4) is 0 Å². The maximum Gasteiger partial charge on any atom is 0.241 e. The van der Waals surface area contributed by atoms with Gasteiger partial charge in [0, 0.05) is 11.6 Å². The Hall–Kier alpha value is -2.09. The topological polar surface area (TPSA) is 84.5 Å². The first-order valence-electron chi connectivity index (χ1n) is 8.90. The zero-order chi connectivity index (χ0) is 20.7. The van der Waals surface area contributed by atoms with Gasteiger partial charge in [-0.2, -0.15) is 4.72 Å². The number of ether oxygens (including phenoxy) is 1. The van der Waals surface area contributed by atoms with E-state index in [2.05, 4.69) is 10.0 Å². The summed E-state index contributed by atoms with van der Waals surface area (Å²) >= 11 is 5.86. The molecule has 0 radical (unpaired) electrons. The maximum atomic E-state index is 12.7. The van der Waals surface area contributed by atoms with Crippen LogP contribution >= 0.6 is 11.6 Å². The van der Waals surface area contributed by atoms with Crippen molar-refractivity contribution in [3.63, 3.8) is 0 Å². The van der Waals surface area contributed by atoms with Crippen molar-refractivity contribution in [2.45, 2.75) is 37.8 Å². The Morgan fingerprint density at radius 3 is 2.21 bits per heavy atom. The van der Waals surface area contributed by atoms with Gasteiger partial charge in [-0.15, -0.1) is 0 Å². The highest BCUT2D eigenvalue weighted by Gasteiger charge is 2.26. The van der Waals surface area contributed by atoms with E-state index < -0.39 is 16.1 Å². The van der Waals surface area contributed by atoms with Gasteiger partial charge in [-0.3, -0.25) is 4.79 Å². The molecule has 1 amide bonds. The lowest BCUT2D eigenvalue weighted by Crippen LogP contribution is -2.47. The number of methoxy groups -OCH3 is 1. The summed E-state index contributed by atoms with van der Waals surface area (Å²) in [4.78, 5) is 12.7. The van der Waals surface area contributed by atoms with E-state index >= 15 is 0 Å². The number of sulfonamides is 1. The first-order valence-corrected chi connectivity index (χ1v) is 10.8. The molecule has 0 heterocycles. The summed E-state index contributed by atoms with van der Waals surface area (Å²) in [5.74, 6) is 0.309. The molecule has 1 atom stereocenters. The summed E-state index contributed by atoms with van der Waals surface area (Å²) in [5, 5.41) is 3.40. The van der Waals surface area contributed by atoms with Crippen molar-refractivity contribution in [1.82, 2.24) is 10.0 Å². The number of rotatable bonds is 9. The Labute approximate surface area is 171 Å². The summed E-state index contributed by atoms with van der Waals surface area (Å²) in [7, 11) is -2.34. The van der Waals surface area contributed by atoms with Gasteiger partial charge in [-0.05, 0) is 54.3 Å². The lowest BCUT2D eigenvalue weighted by Gasteiger charge is -2.20. The highest BCUT2D eigenvalue weighted by atomic mass is 35.5. The van der Waals surface area contributed by atoms with Crippen LogP contribution in [0, 0.1) is 5.92 Å². The molecular formula is C20H25ClN2O4S. The molecular weight excluding hydrogens is 400 g/mol. The van der Waals surface area contributed by atoms with E-state index in [0.717, 1.165) is 5.56 Å². The fourth-order valence-corrected chi connectivity index (χ4v) is 3.94. The number of amides is 1. The van der Waals surface area contributed by atoms with Crippen LogP contribution < -0.4 is 14.8 Å². The van der Waals surface area contributed by atoms with Crippen LogP contribution in [0.1, 0.15) is 25.8 Å². The molecule has 2 aromatic rings. The van der Waals surface area contributed by atoms with E-state index in [1.54, 1.807) is 24.3 Å². The molecule has 0 fully saturated rings. The van der Waals surface area contributed by atoms with Crippen LogP contribution in [-0.2, 0) is 21.4 Å². The van der Waals surface area contributed by atoms with Gasteiger partial charge < -0.3 is 10.1 Å². The average Bonchev–Trinajstić information content (AvgIpc) is 2.66. The second kappa shape index (κ2) is 9.91. The Balaban J connectivity index is 2.10. The second-order valence-electron chi connectivity index (χ2n) is 6.82. The van der Waals surface area contributed by atoms with Gasteiger partial charge in [0.05, 0.1) is 12.0 Å². The summed E-state index contributed by atoms with van der Waals surface area (Å²) in [5.41, 5.74) is 0.874. The summed E-state index contributed by atoms with van der Waals surface area (Å²) in [6.45, 7) is 4.15. The van der Waals surface area contributed by atoms with E-state index in [1.165, 1.54) is 19.2 Å². The molecule has 2 rings (SSSR count). The summed E-state index contributed by atoms with van der Waals surface area (Å²) < 4.78 is 33.0. The molecule has 0 aliphatic carbocycles. The molecule has 0 saturated heterocycles. The Kier molecular flexibility index (Phi) is 7.86. The third-order valence-electron chi connectivity index (χ3n) is 4.07. The van der Waals surface area contributed by atoms with E-state index in [1.807, 2.05) is 26.0 Å². The Morgan fingerprint density at radius 1 is 1.07 bits per heavy atom. The number of nitrogens with one attached hydrogen (secondary N) is 2. The average molecular weight is 425 g/mol. The van der Waals surface area contributed by atoms with E-state index in [9.17, 15) is 13.2 Å². The fourth-order valence-electron chi connectivity index (χ4n) is 2.60. The number of benzene rings is 2. The zero-order valence-corrected chi connectivity index (χ0v) is 17.7. The standard InChI is InChI=1S/C20H25ClN2O4S/c1-14(2)12-19(20(24)22-13-15-4-6-16(21)7-5-15)23-28(25,26)18-10-8-17(27-3)9-11-18/h4-11,14,19,23H,12-13H2,1-3H3,(H,22,24)/t19-/m0/s1. The van der Waals surface area contributed by atoms with Crippen LogP contribution in [0.4, 0.5) is 0 Å². The molecule has 0 aliphatic rings. The first-order chi connectivity index (χ1) is 13.2. The molecule has 28 heavy (non-hydrogen) atoms. The minimum Gasteiger partial charge on any atom is -0.497 e. The van der Waals surface area contributed by atoms with Crippen molar-refractivity contribution in [2.75, 3.05) is 7.11 Å². The molecule has 0 spiro atoms. The molecule has 152 valence electrons. The predicted molar refractivity (Wildman–Crippen MR) is 110 cm³/mol. The van der Waals surface area contributed by atoms with Crippen molar-refractivity contribution in [3.05, 3.63) is 59.1 Å². The number of halogens is 1. The lowest BCUT2D eigenvalue weighted by atomic mass is 10.0. The minimum atomic E-state index is -3.85. The van der Waals surface area contributed by atoms with Crippen LogP contribution in [0.25, 0.3) is 0 Å². The van der Waals surface area contributed by atoms with Crippen LogP contribution in [0.5, 0.6) is 5.75 Å². The predicted octanol–water partition coefficient (Wildman–Crippen LogP) is 3.36. The normalized spacial score (nSPS) is 12.6. The zero-order valence-electron chi connectivity index (χ0n) is 16.1. The third kappa shape index (κ3) is 6.51. The van der Waals surface area contributed by atoms with E-state index in [-0.39, 0.29) is 23.3 Å². The first kappa shape index (κ1) is 22.2. The van der Waals surface area contributed by atoms with Gasteiger partial charge in [0.25, 0.3) is 0 Å². The van der Waals surface area contributed by atoms with Gasteiger partial charge in [-0.1, -0.05) is 37.6 Å². The fraction of sp³-hybridized carbons (Fsp3) is 0.350. The molecule has 0 aromatic heterocycles. The van der Waals surface area contributed by atoms with Gasteiger partial charge >= 0.3 is 0 Å². The van der Waals surface area contributed by atoms with Gasteiger partial charge in [-0.25, -0.2) is 8.42 Å². The maximum absolute atomic E-state index is 12.7. The Morgan fingerprint density at radius 2 is 1.68 bits per heavy atom. The van der Waals surface area contributed by atoms with Crippen LogP contribution in [-0.4, -0.2) is 27.5 Å². The quantitative estimate of drug-likeness (QED) is 0.646. The number of hydrogen-bond donors (Lipinski definition) is 2. The van der Waals surface area contributed by atoms with Crippen molar-refractivity contribution >= 4 is 27.5 Å². The molecule has 8 heteroatoms. The molecule has 0 saturated carbocycles. The molecule has 2 N–H and O–H groups in total. The SMILES string of the molecule is COc1ccc(S(=O)(=O)N[C@@H](CC(C)C)C(=O)NCc2ccc(Cl)cc2)cc1.